The Morgan fingerprint density at radius 3 is 1.47 bits per heavy atom. The molecule has 0 spiro atoms. The van der Waals surface area contributed by atoms with Crippen molar-refractivity contribution < 1.29 is 129 Å². The molecule has 0 aliphatic rings. The van der Waals surface area contributed by atoms with E-state index >= 15 is 0 Å². The SMILES string of the molecule is O.O=C([O-])CC(C(=O)[O-])C(O)C(=O)[O-].[Na+].[Na+].[Na+]. The number of hydrogen-bond donors (Lipinski definition) is 1. The molecule has 0 rings (SSSR count). The summed E-state index contributed by atoms with van der Waals surface area (Å²) >= 11 is 0. The van der Waals surface area contributed by atoms with Crippen molar-refractivity contribution in [3.05, 3.63) is 0 Å². The average Bonchev–Trinajstić information content (AvgIpc) is 1.97. The van der Waals surface area contributed by atoms with Crippen molar-refractivity contribution in [2.45, 2.75) is 12.5 Å². The number of carboxylic acid groups (broad SMARTS) is 3. The van der Waals surface area contributed by atoms with Crippen LogP contribution in [0.15, 0.2) is 0 Å². The third kappa shape index (κ3) is 13.6. The van der Waals surface area contributed by atoms with Gasteiger partial charge >= 0.3 is 88.7 Å². The van der Waals surface area contributed by atoms with Gasteiger partial charge in [0.1, 0.15) is 6.10 Å². The third-order valence-electron chi connectivity index (χ3n) is 1.31. The van der Waals surface area contributed by atoms with Gasteiger partial charge in [0.15, 0.2) is 0 Å². The van der Waals surface area contributed by atoms with Crippen LogP contribution in [0.2, 0.25) is 0 Å². The molecule has 0 bridgehead atoms. The smallest absolute Gasteiger partial charge is 0.550 e. The maximum Gasteiger partial charge on any atom is 1.00 e. The zero-order valence-corrected chi connectivity index (χ0v) is 15.8. The number of aliphatic hydroxyl groups excluding tert-OH is 1. The molecule has 0 radical (unpaired) electrons. The Kier molecular flexibility index (Phi) is 28.0. The molecular formula is C6H7Na3O8. The topological polar surface area (TPSA) is 172 Å². The number of carboxylic acids is 3. The van der Waals surface area contributed by atoms with Gasteiger partial charge in [0.05, 0.1) is 5.97 Å². The van der Waals surface area contributed by atoms with E-state index in [1.807, 2.05) is 0 Å². The van der Waals surface area contributed by atoms with Gasteiger partial charge in [-0.05, 0) is 6.42 Å². The van der Waals surface area contributed by atoms with E-state index in [2.05, 4.69) is 0 Å². The van der Waals surface area contributed by atoms with Crippen LogP contribution < -0.4 is 104 Å². The Balaban J connectivity index is -0.000000120. The van der Waals surface area contributed by atoms with Crippen LogP contribution in [0.3, 0.4) is 0 Å². The first-order valence-electron chi connectivity index (χ1n) is 3.16. The molecule has 17 heavy (non-hydrogen) atoms. The molecule has 0 fully saturated rings. The Hall–Kier alpha value is 1.33. The van der Waals surface area contributed by atoms with Crippen molar-refractivity contribution in [3.8, 4) is 0 Å². The standard InChI is InChI=1S/C6H8O7.3Na.H2O/c7-3(8)1-2(5(10)11)4(9)6(12)13;;;;/h2,4,9H,1H2,(H,7,8)(H,10,11)(H,12,13);;;;1H2/q;3*+1;/p-3. The molecule has 0 aliphatic heterocycles. The van der Waals surface area contributed by atoms with E-state index in [9.17, 15) is 29.7 Å². The van der Waals surface area contributed by atoms with Gasteiger partial charge in [-0.3, -0.25) is 0 Å². The second-order valence-corrected chi connectivity index (χ2v) is 2.27. The van der Waals surface area contributed by atoms with Gasteiger partial charge in [-0.1, -0.05) is 0 Å². The van der Waals surface area contributed by atoms with Gasteiger partial charge in [-0.25, -0.2) is 0 Å². The monoisotopic (exact) mass is 276 g/mol. The minimum atomic E-state index is -2.41. The van der Waals surface area contributed by atoms with Gasteiger partial charge in [0.25, 0.3) is 0 Å². The summed E-state index contributed by atoms with van der Waals surface area (Å²) in [5.74, 6) is -7.92. The fourth-order valence-electron chi connectivity index (χ4n) is 0.668. The number of carbonyl (C=O) groups is 3. The molecule has 0 saturated heterocycles. The van der Waals surface area contributed by atoms with Gasteiger partial charge in [-0.2, -0.15) is 0 Å². The number of aliphatic carboxylic acids is 3. The first kappa shape index (κ1) is 31.0. The van der Waals surface area contributed by atoms with Gasteiger partial charge < -0.3 is 40.3 Å². The minimum Gasteiger partial charge on any atom is -0.550 e. The summed E-state index contributed by atoms with van der Waals surface area (Å²) in [6.45, 7) is 0. The Bertz CT molecular complexity index is 245. The van der Waals surface area contributed by atoms with Crippen LogP contribution in [0.25, 0.3) is 0 Å². The summed E-state index contributed by atoms with van der Waals surface area (Å²) in [4.78, 5) is 30.0. The first-order valence-corrected chi connectivity index (χ1v) is 3.16. The Morgan fingerprint density at radius 2 is 1.29 bits per heavy atom. The zero-order chi connectivity index (χ0) is 10.6. The number of carbonyl (C=O) groups excluding carboxylic acids is 3. The summed E-state index contributed by atoms with van der Waals surface area (Å²) in [7, 11) is 0. The zero-order valence-electron chi connectivity index (χ0n) is 9.76. The molecule has 0 heterocycles. The third-order valence-corrected chi connectivity index (χ3v) is 1.31. The fourth-order valence-corrected chi connectivity index (χ4v) is 0.668. The average molecular weight is 276 g/mol. The summed E-state index contributed by atoms with van der Waals surface area (Å²) in [5.41, 5.74) is 0. The van der Waals surface area contributed by atoms with Crippen LogP contribution in [-0.2, 0) is 14.4 Å². The van der Waals surface area contributed by atoms with Crippen molar-refractivity contribution in [2.75, 3.05) is 0 Å². The van der Waals surface area contributed by atoms with E-state index in [4.69, 9.17) is 5.11 Å². The summed E-state index contributed by atoms with van der Waals surface area (Å²) in [6, 6.07) is 0. The molecule has 0 saturated carbocycles. The number of hydrogen-bond acceptors (Lipinski definition) is 7. The van der Waals surface area contributed by atoms with Crippen LogP contribution in [0.1, 0.15) is 6.42 Å². The predicted molar refractivity (Wildman–Crippen MR) is 32.7 cm³/mol. The largest absolute Gasteiger partial charge is 1.00 e. The summed E-state index contributed by atoms with van der Waals surface area (Å²) < 4.78 is 0. The van der Waals surface area contributed by atoms with Gasteiger partial charge in [0.2, 0.25) is 0 Å². The van der Waals surface area contributed by atoms with E-state index in [1.165, 1.54) is 0 Å². The molecule has 8 nitrogen and oxygen atoms in total. The minimum absolute atomic E-state index is 0. The van der Waals surface area contributed by atoms with Crippen molar-refractivity contribution >= 4 is 17.9 Å². The quantitative estimate of drug-likeness (QED) is 0.485. The van der Waals surface area contributed by atoms with E-state index in [0.717, 1.165) is 0 Å². The molecule has 0 aliphatic carbocycles. The molecule has 0 amide bonds. The van der Waals surface area contributed by atoms with Crippen LogP contribution in [0.5, 0.6) is 0 Å². The fraction of sp³-hybridized carbons (Fsp3) is 0.500. The number of rotatable bonds is 5. The van der Waals surface area contributed by atoms with Crippen molar-refractivity contribution in [1.29, 1.82) is 0 Å². The molecule has 3 N–H and O–H groups in total. The Morgan fingerprint density at radius 1 is 0.941 bits per heavy atom. The number of aliphatic hydroxyl groups is 1. The van der Waals surface area contributed by atoms with E-state index in [-0.39, 0.29) is 94.1 Å². The van der Waals surface area contributed by atoms with Crippen molar-refractivity contribution in [1.82, 2.24) is 0 Å². The summed E-state index contributed by atoms with van der Waals surface area (Å²) in [5, 5.41) is 38.6. The molecule has 0 aromatic rings. The van der Waals surface area contributed by atoms with Crippen molar-refractivity contribution in [3.63, 3.8) is 0 Å². The Labute approximate surface area is 163 Å². The second-order valence-electron chi connectivity index (χ2n) is 2.27. The predicted octanol–water partition coefficient (Wildman–Crippen LogP) is -15.2. The van der Waals surface area contributed by atoms with Crippen LogP contribution in [-0.4, -0.2) is 34.6 Å². The van der Waals surface area contributed by atoms with E-state index in [0.29, 0.717) is 0 Å². The normalized spacial score (nSPS) is 11.1. The first-order chi connectivity index (χ1) is 5.86. The van der Waals surface area contributed by atoms with Gasteiger partial charge in [0, 0.05) is 17.9 Å². The van der Waals surface area contributed by atoms with Crippen LogP contribution in [0.4, 0.5) is 0 Å². The maximum atomic E-state index is 10.1. The van der Waals surface area contributed by atoms with Crippen LogP contribution in [0, 0.1) is 5.92 Å². The maximum absolute atomic E-state index is 10.1. The van der Waals surface area contributed by atoms with Crippen molar-refractivity contribution in [2.24, 2.45) is 5.92 Å². The van der Waals surface area contributed by atoms with Gasteiger partial charge in [-0.15, -0.1) is 0 Å². The molecule has 0 aromatic carbocycles. The second kappa shape index (κ2) is 15.4. The van der Waals surface area contributed by atoms with E-state index < -0.39 is 36.4 Å². The molecule has 82 valence electrons. The van der Waals surface area contributed by atoms with Crippen LogP contribution >= 0.6 is 0 Å². The molecular weight excluding hydrogens is 269 g/mol. The van der Waals surface area contributed by atoms with E-state index in [1.54, 1.807) is 0 Å². The molecule has 0 aromatic heterocycles. The summed E-state index contributed by atoms with van der Waals surface area (Å²) in [6.07, 6.45) is -3.56. The molecule has 2 unspecified atom stereocenters. The molecule has 11 heteroatoms. The molecule has 2 atom stereocenters.